The van der Waals surface area contributed by atoms with Crippen molar-refractivity contribution in [3.8, 4) is 0 Å². The van der Waals surface area contributed by atoms with Gasteiger partial charge in [0.2, 0.25) is 11.4 Å². The van der Waals surface area contributed by atoms with Gasteiger partial charge in [0, 0.05) is 52.5 Å². The molecule has 0 bridgehead atoms. The minimum Gasteiger partial charge on any atom is -0.385 e. The van der Waals surface area contributed by atoms with Gasteiger partial charge >= 0.3 is 11.7 Å². The van der Waals surface area contributed by atoms with Crippen LogP contribution in [0, 0.1) is 17.7 Å². The number of hydrogen-bond acceptors (Lipinski definition) is 4. The third-order valence-electron chi connectivity index (χ3n) is 7.32. The molecule has 0 saturated carbocycles. The molecule has 36 heavy (non-hydrogen) atoms. The van der Waals surface area contributed by atoms with Crippen LogP contribution in [0.15, 0.2) is 18.2 Å². The van der Waals surface area contributed by atoms with Gasteiger partial charge in [-0.05, 0) is 50.2 Å². The van der Waals surface area contributed by atoms with Crippen LogP contribution in [0.25, 0.3) is 11.0 Å². The van der Waals surface area contributed by atoms with Crippen LogP contribution in [0.3, 0.4) is 0 Å². The van der Waals surface area contributed by atoms with Crippen LogP contribution >= 0.6 is 0 Å². The van der Waals surface area contributed by atoms with Gasteiger partial charge in [-0.3, -0.25) is 9.59 Å². The van der Waals surface area contributed by atoms with Gasteiger partial charge in [0.1, 0.15) is 0 Å². The third kappa shape index (κ3) is 5.89. The van der Waals surface area contributed by atoms with Crippen molar-refractivity contribution in [3.05, 3.63) is 29.8 Å². The van der Waals surface area contributed by atoms with Crippen molar-refractivity contribution in [2.45, 2.75) is 58.5 Å². The molecule has 1 aromatic carbocycles. The van der Waals surface area contributed by atoms with Gasteiger partial charge in [-0.1, -0.05) is 19.9 Å². The Kier molecular flexibility index (Phi) is 8.95. The Bertz CT molecular complexity index is 1050. The number of H-pyrrole nitrogens is 1. The second-order valence-corrected chi connectivity index (χ2v) is 10.6. The number of likely N-dealkylation sites (tertiary alicyclic amines) is 1. The van der Waals surface area contributed by atoms with Crippen molar-refractivity contribution >= 4 is 22.8 Å². The average molecular weight is 503 g/mol. The Morgan fingerprint density at radius 3 is 2.72 bits per heavy atom. The van der Waals surface area contributed by atoms with Crippen molar-refractivity contribution in [1.29, 1.82) is 0 Å². The number of ether oxygens (including phenoxy) is 1. The van der Waals surface area contributed by atoms with Crippen LogP contribution in [0.1, 0.15) is 56.6 Å². The van der Waals surface area contributed by atoms with Crippen molar-refractivity contribution in [3.63, 3.8) is 0 Å². The topological polar surface area (TPSA) is 81.6 Å². The van der Waals surface area contributed by atoms with Gasteiger partial charge in [0.05, 0.1) is 12.5 Å². The van der Waals surface area contributed by atoms with Gasteiger partial charge in [-0.15, -0.1) is 0 Å². The number of nitrogens with one attached hydrogen (secondary N) is 2. The number of imidazole rings is 1. The van der Waals surface area contributed by atoms with Crippen LogP contribution in [0.4, 0.5) is 4.39 Å². The molecule has 2 aliphatic rings. The summed E-state index contributed by atoms with van der Waals surface area (Å²) in [4.78, 5) is 34.3. The zero-order valence-electron chi connectivity index (χ0n) is 21.9. The highest BCUT2D eigenvalue weighted by Gasteiger charge is 2.39. The molecule has 2 aromatic rings. The summed E-state index contributed by atoms with van der Waals surface area (Å²) in [7, 11) is 1.66. The molecule has 0 aliphatic carbocycles. The second kappa shape index (κ2) is 12.1. The number of para-hydroxylation sites is 1. The number of aromatic nitrogens is 2. The summed E-state index contributed by atoms with van der Waals surface area (Å²) < 4.78 is 21.9. The smallest absolute Gasteiger partial charge is 0.346 e. The first-order valence-electron chi connectivity index (χ1n) is 13.4. The van der Waals surface area contributed by atoms with Crippen molar-refractivity contribution in [2.75, 3.05) is 46.4 Å². The van der Waals surface area contributed by atoms with Crippen molar-refractivity contribution in [1.82, 2.24) is 20.1 Å². The molecule has 1 unspecified atom stereocenters. The fourth-order valence-electron chi connectivity index (χ4n) is 5.57. The van der Waals surface area contributed by atoms with E-state index in [1.807, 2.05) is 9.80 Å². The number of rotatable bonds is 10. The molecular formula is C27H41FN5O3+. The van der Waals surface area contributed by atoms with Crippen LogP contribution < -0.4 is 9.88 Å². The van der Waals surface area contributed by atoms with Gasteiger partial charge in [0.25, 0.3) is 0 Å². The number of benzene rings is 1. The van der Waals surface area contributed by atoms with E-state index in [0.29, 0.717) is 56.1 Å². The van der Waals surface area contributed by atoms with Crippen LogP contribution in [-0.2, 0) is 16.1 Å². The SMILES string of the molecule is COCCCC[n+]1c(C(=O)N(CC(C)C)[C@@H]2CNCC(C(=O)N3CCCC3)C2)[nH]c2cccc(F)c21. The molecule has 2 atom stereocenters. The maximum absolute atomic E-state index is 14.9. The molecule has 198 valence electrons. The predicted octanol–water partition coefficient (Wildman–Crippen LogP) is 2.72. The Hall–Kier alpha value is -2.52. The summed E-state index contributed by atoms with van der Waals surface area (Å²) in [5, 5.41) is 3.42. The van der Waals surface area contributed by atoms with Crippen LogP contribution in [-0.4, -0.2) is 79.1 Å². The normalized spacial score (nSPS) is 20.4. The number of fused-ring (bicyclic) bond motifs is 1. The summed E-state index contributed by atoms with van der Waals surface area (Å²) in [6.45, 7) is 8.83. The number of halogens is 1. The second-order valence-electron chi connectivity index (χ2n) is 10.6. The number of aromatic amines is 1. The number of methoxy groups -OCH3 is 1. The number of aryl methyl sites for hydroxylation is 1. The van der Waals surface area contributed by atoms with Gasteiger partial charge in [-0.2, -0.15) is 0 Å². The Labute approximate surface area is 213 Å². The molecule has 4 rings (SSSR count). The van der Waals surface area contributed by atoms with E-state index < -0.39 is 0 Å². The quantitative estimate of drug-likeness (QED) is 0.387. The minimum absolute atomic E-state index is 0.108. The maximum atomic E-state index is 14.9. The van der Waals surface area contributed by atoms with Gasteiger partial charge < -0.3 is 19.9 Å². The molecule has 0 spiro atoms. The van der Waals surface area contributed by atoms with Crippen molar-refractivity contribution < 1.29 is 23.3 Å². The minimum atomic E-state index is -0.347. The highest BCUT2D eigenvalue weighted by atomic mass is 19.1. The molecule has 9 heteroatoms. The van der Waals surface area contributed by atoms with E-state index >= 15 is 0 Å². The predicted molar refractivity (Wildman–Crippen MR) is 136 cm³/mol. The van der Waals surface area contributed by atoms with E-state index in [2.05, 4.69) is 24.1 Å². The van der Waals surface area contributed by atoms with Gasteiger partial charge in [0.15, 0.2) is 11.3 Å². The Balaban J connectivity index is 1.61. The first-order valence-corrected chi connectivity index (χ1v) is 13.4. The lowest BCUT2D eigenvalue weighted by Crippen LogP contribution is -2.56. The monoisotopic (exact) mass is 502 g/mol. The highest BCUT2D eigenvalue weighted by Crippen LogP contribution is 2.23. The van der Waals surface area contributed by atoms with E-state index in [4.69, 9.17) is 4.74 Å². The summed E-state index contributed by atoms with van der Waals surface area (Å²) in [5.41, 5.74) is 1.03. The molecule has 2 amide bonds. The van der Waals surface area contributed by atoms with Crippen LogP contribution in [0.5, 0.6) is 0 Å². The number of amides is 2. The molecule has 2 saturated heterocycles. The zero-order valence-corrected chi connectivity index (χ0v) is 21.9. The Morgan fingerprint density at radius 2 is 2.00 bits per heavy atom. The van der Waals surface area contributed by atoms with Gasteiger partial charge in [-0.25, -0.2) is 13.9 Å². The van der Waals surface area contributed by atoms with E-state index in [1.165, 1.54) is 6.07 Å². The standard InChI is InChI=1S/C27H40FN5O3/c1-19(2)18-33(21-15-20(16-29-17-21)26(34)31-11-4-5-12-31)27(35)25-30-23-10-8-9-22(28)24(23)32(25)13-6-7-14-36-3/h8-10,19-21,29H,4-7,11-18H2,1-3H3/p+1/t20?,21-/m0/s1. The molecule has 1 aromatic heterocycles. The Morgan fingerprint density at radius 1 is 1.22 bits per heavy atom. The first-order chi connectivity index (χ1) is 17.4. The molecule has 8 nitrogen and oxygen atoms in total. The molecule has 2 fully saturated rings. The zero-order chi connectivity index (χ0) is 25.7. The number of unbranched alkanes of at least 4 members (excludes halogenated alkanes) is 1. The van der Waals surface area contributed by atoms with Crippen LogP contribution in [0.2, 0.25) is 0 Å². The largest absolute Gasteiger partial charge is 0.385 e. The number of carbonyl (C=O) groups excluding carboxylic acids is 2. The molecule has 0 radical (unpaired) electrons. The average Bonchev–Trinajstić information content (AvgIpc) is 3.53. The summed E-state index contributed by atoms with van der Waals surface area (Å²) in [6, 6.07) is 4.79. The lowest BCUT2D eigenvalue weighted by atomic mass is 9.92. The number of carbonyl (C=O) groups is 2. The van der Waals surface area contributed by atoms with E-state index in [-0.39, 0.29) is 35.5 Å². The molecule has 3 heterocycles. The van der Waals surface area contributed by atoms with E-state index in [1.54, 1.807) is 23.8 Å². The van der Waals surface area contributed by atoms with E-state index in [9.17, 15) is 14.0 Å². The molecular weight excluding hydrogens is 461 g/mol. The molecule has 2 aliphatic heterocycles. The summed E-state index contributed by atoms with van der Waals surface area (Å²) in [5.74, 6) is 0.210. The number of hydrogen-bond donors (Lipinski definition) is 2. The lowest BCUT2D eigenvalue weighted by molar-refractivity contribution is -0.674. The summed E-state index contributed by atoms with van der Waals surface area (Å²) >= 11 is 0. The first kappa shape index (κ1) is 26.5. The highest BCUT2D eigenvalue weighted by molar-refractivity contribution is 5.92. The maximum Gasteiger partial charge on any atom is 0.346 e. The fourth-order valence-corrected chi connectivity index (χ4v) is 5.57. The fraction of sp³-hybridized carbons (Fsp3) is 0.667. The third-order valence-corrected chi connectivity index (χ3v) is 7.32. The molecule has 2 N–H and O–H groups in total. The number of nitrogens with zero attached hydrogens (tertiary/aromatic N) is 3. The van der Waals surface area contributed by atoms with E-state index in [0.717, 1.165) is 38.8 Å². The number of piperidine rings is 1. The summed E-state index contributed by atoms with van der Waals surface area (Å²) in [6.07, 6.45) is 4.36. The van der Waals surface area contributed by atoms with Crippen molar-refractivity contribution in [2.24, 2.45) is 11.8 Å². The lowest BCUT2D eigenvalue weighted by Gasteiger charge is -2.38.